The van der Waals surface area contributed by atoms with Crippen LogP contribution in [0.5, 0.6) is 5.75 Å². The molecule has 1 aromatic rings. The van der Waals surface area contributed by atoms with Gasteiger partial charge in [-0.1, -0.05) is 6.92 Å². The van der Waals surface area contributed by atoms with Crippen molar-refractivity contribution in [2.24, 2.45) is 0 Å². The van der Waals surface area contributed by atoms with E-state index in [0.717, 1.165) is 37.0 Å². The quantitative estimate of drug-likeness (QED) is 0.683. The molecular weight excluding hydrogens is 178 g/mol. The van der Waals surface area contributed by atoms with Gasteiger partial charge in [0, 0.05) is 17.8 Å². The third-order valence-electron chi connectivity index (χ3n) is 2.18. The predicted octanol–water partition coefficient (Wildman–Crippen LogP) is 2.00. The van der Waals surface area contributed by atoms with Crippen molar-refractivity contribution in [3.8, 4) is 5.75 Å². The Labute approximate surface area is 83.1 Å². The van der Waals surface area contributed by atoms with Crippen molar-refractivity contribution in [3.05, 3.63) is 23.5 Å². The van der Waals surface area contributed by atoms with Gasteiger partial charge in [0.1, 0.15) is 11.4 Å². The van der Waals surface area contributed by atoms with Crippen LogP contribution >= 0.6 is 0 Å². The standard InChI is InChI=1S/C11H13NO2/c1-2-8-5-11(14-10-3-4-10)6-9(7-13)12-8/h5-7,10H,2-4H2,1H3. The van der Waals surface area contributed by atoms with Crippen LogP contribution in [0.4, 0.5) is 0 Å². The number of aromatic nitrogens is 1. The summed E-state index contributed by atoms with van der Waals surface area (Å²) < 4.78 is 5.61. The molecule has 1 aromatic heterocycles. The van der Waals surface area contributed by atoms with Gasteiger partial charge in [-0.05, 0) is 19.3 Å². The Morgan fingerprint density at radius 3 is 2.93 bits per heavy atom. The molecule has 3 heteroatoms. The number of rotatable bonds is 4. The predicted molar refractivity (Wildman–Crippen MR) is 52.7 cm³/mol. The van der Waals surface area contributed by atoms with Crippen LogP contribution in [0, 0.1) is 0 Å². The van der Waals surface area contributed by atoms with Gasteiger partial charge < -0.3 is 4.74 Å². The van der Waals surface area contributed by atoms with Crippen molar-refractivity contribution in [1.82, 2.24) is 4.98 Å². The summed E-state index contributed by atoms with van der Waals surface area (Å²) in [6, 6.07) is 3.61. The summed E-state index contributed by atoms with van der Waals surface area (Å²) in [5.41, 5.74) is 1.37. The molecule has 14 heavy (non-hydrogen) atoms. The molecule has 74 valence electrons. The number of carbonyl (C=O) groups is 1. The van der Waals surface area contributed by atoms with Gasteiger partial charge in [-0.3, -0.25) is 4.79 Å². The van der Waals surface area contributed by atoms with Crippen molar-refractivity contribution in [1.29, 1.82) is 0 Å². The van der Waals surface area contributed by atoms with Crippen molar-refractivity contribution in [2.45, 2.75) is 32.3 Å². The molecule has 0 bridgehead atoms. The number of nitrogens with zero attached hydrogens (tertiary/aromatic N) is 1. The Balaban J connectivity index is 2.23. The van der Waals surface area contributed by atoms with Gasteiger partial charge in [-0.2, -0.15) is 0 Å². The van der Waals surface area contributed by atoms with Gasteiger partial charge >= 0.3 is 0 Å². The molecule has 2 rings (SSSR count). The van der Waals surface area contributed by atoms with Crippen LogP contribution in [0.25, 0.3) is 0 Å². The maximum atomic E-state index is 10.6. The van der Waals surface area contributed by atoms with Crippen LogP contribution in [-0.2, 0) is 6.42 Å². The highest BCUT2D eigenvalue weighted by Gasteiger charge is 2.23. The Morgan fingerprint density at radius 1 is 1.57 bits per heavy atom. The summed E-state index contributed by atoms with van der Waals surface area (Å²) >= 11 is 0. The summed E-state index contributed by atoms with van der Waals surface area (Å²) in [6.07, 6.45) is 4.20. The first-order chi connectivity index (χ1) is 6.81. The number of aryl methyl sites for hydroxylation is 1. The third-order valence-corrected chi connectivity index (χ3v) is 2.18. The minimum absolute atomic E-state index is 0.363. The maximum absolute atomic E-state index is 10.6. The number of aldehydes is 1. The van der Waals surface area contributed by atoms with E-state index in [1.165, 1.54) is 0 Å². The molecule has 0 saturated heterocycles. The van der Waals surface area contributed by atoms with Crippen LogP contribution in [0.2, 0.25) is 0 Å². The fraction of sp³-hybridized carbons (Fsp3) is 0.455. The Bertz CT molecular complexity index is 345. The Hall–Kier alpha value is -1.38. The number of ether oxygens (including phenoxy) is 1. The van der Waals surface area contributed by atoms with E-state index in [4.69, 9.17) is 4.74 Å². The molecule has 1 saturated carbocycles. The monoisotopic (exact) mass is 191 g/mol. The topological polar surface area (TPSA) is 39.2 Å². The van der Waals surface area contributed by atoms with Gasteiger partial charge in [0.15, 0.2) is 6.29 Å². The minimum atomic E-state index is 0.363. The van der Waals surface area contributed by atoms with Crippen molar-refractivity contribution in [2.75, 3.05) is 0 Å². The van der Waals surface area contributed by atoms with E-state index < -0.39 is 0 Å². The molecule has 0 N–H and O–H groups in total. The highest BCUT2D eigenvalue weighted by atomic mass is 16.5. The van der Waals surface area contributed by atoms with Crippen LogP contribution in [0.15, 0.2) is 12.1 Å². The van der Waals surface area contributed by atoms with Gasteiger partial charge in [-0.15, -0.1) is 0 Å². The molecule has 1 aliphatic carbocycles. The van der Waals surface area contributed by atoms with E-state index in [9.17, 15) is 4.79 Å². The largest absolute Gasteiger partial charge is 0.490 e. The summed E-state index contributed by atoms with van der Waals surface area (Å²) in [5, 5.41) is 0. The first-order valence-electron chi connectivity index (χ1n) is 4.94. The summed E-state index contributed by atoms with van der Waals surface area (Å²) in [5.74, 6) is 0.779. The lowest BCUT2D eigenvalue weighted by molar-refractivity contribution is 0.111. The van der Waals surface area contributed by atoms with E-state index in [-0.39, 0.29) is 0 Å². The number of carbonyl (C=O) groups excluding carboxylic acids is 1. The molecule has 0 spiro atoms. The van der Waals surface area contributed by atoms with E-state index in [2.05, 4.69) is 4.98 Å². The highest BCUT2D eigenvalue weighted by Crippen LogP contribution is 2.27. The number of pyridine rings is 1. The molecule has 0 aliphatic heterocycles. The number of hydrogen-bond donors (Lipinski definition) is 0. The molecule has 0 unspecified atom stereocenters. The minimum Gasteiger partial charge on any atom is -0.490 e. The lowest BCUT2D eigenvalue weighted by Gasteiger charge is -2.06. The molecular formula is C11H13NO2. The molecule has 1 heterocycles. The summed E-state index contributed by atoms with van der Waals surface area (Å²) in [6.45, 7) is 2.01. The Kier molecular flexibility index (Phi) is 2.48. The van der Waals surface area contributed by atoms with Crippen LogP contribution in [-0.4, -0.2) is 17.4 Å². The normalized spacial score (nSPS) is 15.2. The van der Waals surface area contributed by atoms with Crippen LogP contribution < -0.4 is 4.74 Å². The molecule has 3 nitrogen and oxygen atoms in total. The zero-order valence-corrected chi connectivity index (χ0v) is 8.19. The molecule has 1 fully saturated rings. The number of hydrogen-bond acceptors (Lipinski definition) is 3. The van der Waals surface area contributed by atoms with Gasteiger partial charge in [0.25, 0.3) is 0 Å². The lowest BCUT2D eigenvalue weighted by Crippen LogP contribution is -2.00. The second-order valence-corrected chi connectivity index (χ2v) is 3.51. The SMILES string of the molecule is CCc1cc(OC2CC2)cc(C=O)n1. The average Bonchev–Trinajstić information content (AvgIpc) is 3.01. The fourth-order valence-electron chi connectivity index (χ4n) is 1.27. The maximum Gasteiger partial charge on any atom is 0.168 e. The van der Waals surface area contributed by atoms with Crippen molar-refractivity contribution < 1.29 is 9.53 Å². The summed E-state index contributed by atoms with van der Waals surface area (Å²) in [7, 11) is 0. The zero-order valence-electron chi connectivity index (χ0n) is 8.19. The first-order valence-corrected chi connectivity index (χ1v) is 4.94. The second-order valence-electron chi connectivity index (χ2n) is 3.51. The van der Waals surface area contributed by atoms with Crippen LogP contribution in [0.3, 0.4) is 0 Å². The fourth-order valence-corrected chi connectivity index (χ4v) is 1.27. The van der Waals surface area contributed by atoms with Crippen molar-refractivity contribution >= 4 is 6.29 Å². The van der Waals surface area contributed by atoms with Gasteiger partial charge in [0.2, 0.25) is 0 Å². The van der Waals surface area contributed by atoms with E-state index in [1.807, 2.05) is 13.0 Å². The summed E-state index contributed by atoms with van der Waals surface area (Å²) in [4.78, 5) is 14.8. The van der Waals surface area contributed by atoms with E-state index in [0.29, 0.717) is 11.8 Å². The van der Waals surface area contributed by atoms with Crippen LogP contribution in [0.1, 0.15) is 35.9 Å². The van der Waals surface area contributed by atoms with Crippen molar-refractivity contribution in [3.63, 3.8) is 0 Å². The molecule has 0 atom stereocenters. The lowest BCUT2D eigenvalue weighted by atomic mass is 10.2. The van der Waals surface area contributed by atoms with E-state index in [1.54, 1.807) is 6.07 Å². The highest BCUT2D eigenvalue weighted by molar-refractivity contribution is 5.72. The molecule has 1 aliphatic rings. The molecule has 0 radical (unpaired) electrons. The smallest absolute Gasteiger partial charge is 0.168 e. The molecule has 0 aromatic carbocycles. The first kappa shape index (κ1) is 9.19. The van der Waals surface area contributed by atoms with Gasteiger partial charge in [-0.25, -0.2) is 4.98 Å². The van der Waals surface area contributed by atoms with E-state index >= 15 is 0 Å². The Morgan fingerprint density at radius 2 is 2.36 bits per heavy atom. The third kappa shape index (κ3) is 2.10. The average molecular weight is 191 g/mol. The molecule has 0 amide bonds. The van der Waals surface area contributed by atoms with Gasteiger partial charge in [0.05, 0.1) is 6.10 Å². The zero-order chi connectivity index (χ0) is 9.97. The second kappa shape index (κ2) is 3.78.